The topological polar surface area (TPSA) is 101 Å². The van der Waals surface area contributed by atoms with Crippen molar-refractivity contribution in [2.45, 2.75) is 57.5 Å². The van der Waals surface area contributed by atoms with Gasteiger partial charge in [-0.1, -0.05) is 19.8 Å². The molecule has 7 heteroatoms. The lowest BCUT2D eigenvalue weighted by Gasteiger charge is -2.33. The van der Waals surface area contributed by atoms with Crippen LogP contribution in [0.15, 0.2) is 6.07 Å². The maximum absolute atomic E-state index is 12.5. The first-order valence-corrected chi connectivity index (χ1v) is 9.27. The highest BCUT2D eigenvalue weighted by atomic mass is 16.5. The Labute approximate surface area is 148 Å². The van der Waals surface area contributed by atoms with Crippen LogP contribution >= 0.6 is 0 Å². The molecule has 7 nitrogen and oxygen atoms in total. The van der Waals surface area contributed by atoms with Crippen molar-refractivity contribution in [1.82, 2.24) is 15.1 Å². The molecule has 3 rings (SSSR count). The fourth-order valence-electron chi connectivity index (χ4n) is 3.94. The third kappa shape index (κ3) is 4.60. The Morgan fingerprint density at radius 2 is 2.20 bits per heavy atom. The molecule has 1 aliphatic heterocycles. The fourth-order valence-corrected chi connectivity index (χ4v) is 3.94. The Kier molecular flexibility index (Phi) is 5.73. The molecule has 1 aliphatic carbocycles. The molecule has 3 atom stereocenters. The maximum atomic E-state index is 12.5. The molecule has 0 radical (unpaired) electrons. The number of hydrogen-bond acceptors (Lipinski definition) is 4. The summed E-state index contributed by atoms with van der Waals surface area (Å²) in [6.45, 7) is 3.80. The third-order valence-corrected chi connectivity index (χ3v) is 5.39. The van der Waals surface area contributed by atoms with Gasteiger partial charge in [0.2, 0.25) is 5.91 Å². The molecule has 138 valence electrons. The zero-order chi connectivity index (χ0) is 17.8. The minimum Gasteiger partial charge on any atom is -0.368 e. The number of nitrogens with zero attached hydrogens (tertiary/aromatic N) is 2. The summed E-state index contributed by atoms with van der Waals surface area (Å²) in [6, 6.07) is 1.70. The molecule has 2 fully saturated rings. The van der Waals surface area contributed by atoms with Crippen LogP contribution in [0.5, 0.6) is 0 Å². The molecule has 2 amide bonds. The number of piperidine rings is 1. The van der Waals surface area contributed by atoms with Crippen molar-refractivity contribution in [2.75, 3.05) is 19.7 Å². The van der Waals surface area contributed by atoms with Crippen LogP contribution in [0.1, 0.15) is 67.5 Å². The average Bonchev–Trinajstić information content (AvgIpc) is 3.10. The summed E-state index contributed by atoms with van der Waals surface area (Å²) in [5, 5.41) is 6.82. The second kappa shape index (κ2) is 7.99. The molecular weight excluding hydrogens is 320 g/mol. The SMILES string of the molecule is C[C@@H]1CCC[C@H](OCC(=O)N2CCC[C@@H](c3cc(C(N)=O)n[nH]3)C2)C1. The number of aromatic amines is 1. The van der Waals surface area contributed by atoms with E-state index in [0.29, 0.717) is 12.5 Å². The van der Waals surface area contributed by atoms with Gasteiger partial charge in [0.15, 0.2) is 0 Å². The number of H-pyrrole nitrogens is 1. The van der Waals surface area contributed by atoms with E-state index in [-0.39, 0.29) is 30.2 Å². The molecule has 2 heterocycles. The minimum absolute atomic E-state index is 0.0533. The second-order valence-electron chi connectivity index (χ2n) is 7.46. The fraction of sp³-hybridized carbons (Fsp3) is 0.722. The number of amides is 2. The van der Waals surface area contributed by atoms with Crippen LogP contribution in [-0.4, -0.2) is 52.7 Å². The molecular formula is C18H28N4O3. The van der Waals surface area contributed by atoms with Gasteiger partial charge >= 0.3 is 0 Å². The first kappa shape index (κ1) is 17.9. The molecule has 0 spiro atoms. The number of hydrogen-bond donors (Lipinski definition) is 2. The quantitative estimate of drug-likeness (QED) is 0.847. The van der Waals surface area contributed by atoms with Gasteiger partial charge in [0.25, 0.3) is 5.91 Å². The average molecular weight is 348 g/mol. The lowest BCUT2D eigenvalue weighted by atomic mass is 9.89. The lowest BCUT2D eigenvalue weighted by molar-refractivity contribution is -0.140. The lowest BCUT2D eigenvalue weighted by Crippen LogP contribution is -2.41. The van der Waals surface area contributed by atoms with Gasteiger partial charge in [-0.05, 0) is 37.7 Å². The summed E-state index contributed by atoms with van der Waals surface area (Å²) in [4.78, 5) is 25.6. The van der Waals surface area contributed by atoms with Crippen LogP contribution in [0.3, 0.4) is 0 Å². The van der Waals surface area contributed by atoms with Gasteiger partial charge in [0.05, 0.1) is 6.10 Å². The van der Waals surface area contributed by atoms with Gasteiger partial charge in [-0.15, -0.1) is 0 Å². The summed E-state index contributed by atoms with van der Waals surface area (Å²) < 4.78 is 5.87. The van der Waals surface area contributed by atoms with Gasteiger partial charge in [0.1, 0.15) is 12.3 Å². The van der Waals surface area contributed by atoms with Crippen molar-refractivity contribution in [3.63, 3.8) is 0 Å². The predicted molar refractivity (Wildman–Crippen MR) is 93.0 cm³/mol. The molecule has 2 aliphatic rings. The predicted octanol–water partition coefficient (Wildman–Crippen LogP) is 1.81. The number of nitrogens with two attached hydrogens (primary N) is 1. The van der Waals surface area contributed by atoms with E-state index in [9.17, 15) is 9.59 Å². The molecule has 0 aromatic carbocycles. The molecule has 0 bridgehead atoms. The monoisotopic (exact) mass is 348 g/mol. The highest BCUT2D eigenvalue weighted by Crippen LogP contribution is 2.27. The summed E-state index contributed by atoms with van der Waals surface area (Å²) in [6.07, 6.45) is 6.68. The smallest absolute Gasteiger partial charge is 0.269 e. The standard InChI is InChI=1S/C18H28N4O3/c1-12-4-2-6-14(8-12)25-11-17(23)22-7-3-5-13(10-22)15-9-16(18(19)24)21-20-15/h9,12-14H,2-8,10-11H2,1H3,(H2,19,24)(H,20,21)/t12-,13-,14+/m1/s1. The zero-order valence-corrected chi connectivity index (χ0v) is 14.9. The number of aromatic nitrogens is 2. The van der Waals surface area contributed by atoms with E-state index in [4.69, 9.17) is 10.5 Å². The molecule has 1 aromatic heterocycles. The normalized spacial score (nSPS) is 27.2. The first-order valence-electron chi connectivity index (χ1n) is 9.27. The van der Waals surface area contributed by atoms with Gasteiger partial charge in [-0.3, -0.25) is 14.7 Å². The van der Waals surface area contributed by atoms with Crippen LogP contribution in [0.2, 0.25) is 0 Å². The number of ether oxygens (including phenoxy) is 1. The van der Waals surface area contributed by atoms with Crippen molar-refractivity contribution in [3.05, 3.63) is 17.5 Å². The van der Waals surface area contributed by atoms with Gasteiger partial charge in [-0.25, -0.2) is 0 Å². The maximum Gasteiger partial charge on any atom is 0.269 e. The Hall–Kier alpha value is -1.89. The summed E-state index contributed by atoms with van der Waals surface area (Å²) in [5.74, 6) is 0.361. The summed E-state index contributed by atoms with van der Waals surface area (Å²) >= 11 is 0. The number of carbonyl (C=O) groups is 2. The van der Waals surface area contributed by atoms with E-state index in [2.05, 4.69) is 17.1 Å². The van der Waals surface area contributed by atoms with Crippen molar-refractivity contribution in [1.29, 1.82) is 0 Å². The van der Waals surface area contributed by atoms with Gasteiger partial charge < -0.3 is 15.4 Å². The zero-order valence-electron chi connectivity index (χ0n) is 14.9. The molecule has 3 N–H and O–H groups in total. The molecule has 25 heavy (non-hydrogen) atoms. The van der Waals surface area contributed by atoms with Crippen molar-refractivity contribution >= 4 is 11.8 Å². The second-order valence-corrected chi connectivity index (χ2v) is 7.46. The number of carbonyl (C=O) groups excluding carboxylic acids is 2. The Bertz CT molecular complexity index is 615. The van der Waals surface area contributed by atoms with Crippen molar-refractivity contribution in [2.24, 2.45) is 11.7 Å². The van der Waals surface area contributed by atoms with E-state index in [1.807, 2.05) is 4.90 Å². The van der Waals surface area contributed by atoms with Gasteiger partial charge in [-0.2, -0.15) is 5.10 Å². The van der Waals surface area contributed by atoms with E-state index in [1.54, 1.807) is 6.07 Å². The Balaban J connectivity index is 1.51. The van der Waals surface area contributed by atoms with E-state index >= 15 is 0 Å². The largest absolute Gasteiger partial charge is 0.368 e. The first-order chi connectivity index (χ1) is 12.0. The van der Waals surface area contributed by atoms with Crippen LogP contribution < -0.4 is 5.73 Å². The number of rotatable bonds is 5. The van der Waals surface area contributed by atoms with E-state index in [1.165, 1.54) is 12.8 Å². The molecule has 1 saturated heterocycles. The number of nitrogens with one attached hydrogen (secondary N) is 1. The molecule has 0 unspecified atom stereocenters. The van der Waals surface area contributed by atoms with Crippen molar-refractivity contribution < 1.29 is 14.3 Å². The van der Waals surface area contributed by atoms with E-state index in [0.717, 1.165) is 37.9 Å². The highest BCUT2D eigenvalue weighted by molar-refractivity contribution is 5.90. The Morgan fingerprint density at radius 1 is 1.36 bits per heavy atom. The number of likely N-dealkylation sites (tertiary alicyclic amines) is 1. The van der Waals surface area contributed by atoms with E-state index < -0.39 is 5.91 Å². The van der Waals surface area contributed by atoms with Crippen LogP contribution in [0.4, 0.5) is 0 Å². The van der Waals surface area contributed by atoms with Gasteiger partial charge in [0, 0.05) is 24.7 Å². The minimum atomic E-state index is -0.540. The van der Waals surface area contributed by atoms with Crippen molar-refractivity contribution in [3.8, 4) is 0 Å². The van der Waals surface area contributed by atoms with Crippen LogP contribution in [-0.2, 0) is 9.53 Å². The molecule has 1 aromatic rings. The van der Waals surface area contributed by atoms with Crippen LogP contribution in [0.25, 0.3) is 0 Å². The number of primary amides is 1. The summed E-state index contributed by atoms with van der Waals surface area (Å²) in [5.41, 5.74) is 6.36. The highest BCUT2D eigenvalue weighted by Gasteiger charge is 2.27. The Morgan fingerprint density at radius 3 is 2.92 bits per heavy atom. The summed E-state index contributed by atoms with van der Waals surface area (Å²) in [7, 11) is 0. The van der Waals surface area contributed by atoms with Crippen LogP contribution in [0, 0.1) is 5.92 Å². The molecule has 1 saturated carbocycles. The third-order valence-electron chi connectivity index (χ3n) is 5.39.